The topological polar surface area (TPSA) is 110 Å². The number of nitrogens with one attached hydrogen (secondary N) is 1. The molecule has 8 nitrogen and oxygen atoms in total. The molecule has 138 valence electrons. The van der Waals surface area contributed by atoms with Gasteiger partial charge < -0.3 is 5.32 Å². The van der Waals surface area contributed by atoms with Gasteiger partial charge in [-0.15, -0.1) is 0 Å². The summed E-state index contributed by atoms with van der Waals surface area (Å²) in [6.07, 6.45) is 0.925. The number of hydrogen-bond donors (Lipinski definition) is 1. The number of amides is 1. The van der Waals surface area contributed by atoms with E-state index in [0.717, 1.165) is 10.6 Å². The molecule has 0 unspecified atom stereocenters. The van der Waals surface area contributed by atoms with E-state index in [4.69, 9.17) is 11.6 Å². The average molecular weight is 398 g/mol. The van der Waals surface area contributed by atoms with Crippen molar-refractivity contribution in [1.82, 2.24) is 0 Å². The Morgan fingerprint density at radius 2 is 1.88 bits per heavy atom. The first-order chi connectivity index (χ1) is 12.1. The number of halogens is 1. The van der Waals surface area contributed by atoms with Gasteiger partial charge in [-0.05, 0) is 25.1 Å². The molecule has 2 rings (SSSR count). The largest absolute Gasteiger partial charge is 0.323 e. The van der Waals surface area contributed by atoms with Gasteiger partial charge >= 0.3 is 0 Å². The Morgan fingerprint density at radius 1 is 1.23 bits per heavy atom. The third kappa shape index (κ3) is 4.50. The fourth-order valence-corrected chi connectivity index (χ4v) is 3.43. The summed E-state index contributed by atoms with van der Waals surface area (Å²) in [5, 5.41) is 13.9. The lowest BCUT2D eigenvalue weighted by Gasteiger charge is -2.23. The van der Waals surface area contributed by atoms with Crippen molar-refractivity contribution in [2.75, 3.05) is 22.4 Å². The second kappa shape index (κ2) is 7.71. The van der Waals surface area contributed by atoms with Gasteiger partial charge in [-0.1, -0.05) is 29.8 Å². The van der Waals surface area contributed by atoms with E-state index in [1.807, 2.05) is 0 Å². The molecule has 0 aliphatic heterocycles. The molecule has 10 heteroatoms. The summed E-state index contributed by atoms with van der Waals surface area (Å²) in [4.78, 5) is 22.8. The standard InChI is InChI=1S/C16H16ClN3O5S/c1-11-14(8-5-9-15(11)20(22)23)19(26(2,24)25)10-16(21)18-13-7-4-3-6-12(13)17/h3-9H,10H2,1-2H3,(H,18,21). The molecule has 0 spiro atoms. The van der Waals surface area contributed by atoms with Gasteiger partial charge in [0.2, 0.25) is 15.9 Å². The quantitative estimate of drug-likeness (QED) is 0.595. The minimum atomic E-state index is -3.86. The van der Waals surface area contributed by atoms with E-state index in [2.05, 4.69) is 5.32 Å². The number of carbonyl (C=O) groups is 1. The van der Waals surface area contributed by atoms with E-state index < -0.39 is 27.4 Å². The van der Waals surface area contributed by atoms with Crippen LogP contribution in [0.4, 0.5) is 17.1 Å². The fourth-order valence-electron chi connectivity index (χ4n) is 2.34. The lowest BCUT2D eigenvalue weighted by atomic mass is 10.1. The number of nitro benzene ring substituents is 1. The zero-order valence-electron chi connectivity index (χ0n) is 14.0. The number of hydrogen-bond acceptors (Lipinski definition) is 5. The van der Waals surface area contributed by atoms with Gasteiger partial charge in [0, 0.05) is 6.07 Å². The van der Waals surface area contributed by atoms with E-state index in [-0.39, 0.29) is 16.9 Å². The Labute approximate surface area is 155 Å². The second-order valence-electron chi connectivity index (χ2n) is 5.48. The van der Waals surface area contributed by atoms with Crippen molar-refractivity contribution in [3.05, 3.63) is 63.2 Å². The van der Waals surface area contributed by atoms with Crippen molar-refractivity contribution in [3.8, 4) is 0 Å². The molecule has 0 saturated heterocycles. The van der Waals surface area contributed by atoms with E-state index >= 15 is 0 Å². The van der Waals surface area contributed by atoms with Crippen molar-refractivity contribution in [3.63, 3.8) is 0 Å². The van der Waals surface area contributed by atoms with Crippen LogP contribution in [0.2, 0.25) is 5.02 Å². The van der Waals surface area contributed by atoms with Crippen molar-refractivity contribution in [1.29, 1.82) is 0 Å². The summed E-state index contributed by atoms with van der Waals surface area (Å²) in [6.45, 7) is 0.879. The van der Waals surface area contributed by atoms with Crippen LogP contribution < -0.4 is 9.62 Å². The molecule has 0 aliphatic carbocycles. The van der Waals surface area contributed by atoms with Gasteiger partial charge in [0.15, 0.2) is 0 Å². The number of benzene rings is 2. The maximum Gasteiger partial charge on any atom is 0.274 e. The SMILES string of the molecule is Cc1c(N(CC(=O)Nc2ccccc2Cl)S(C)(=O)=O)cccc1[N+](=O)[O-]. The van der Waals surface area contributed by atoms with Gasteiger partial charge in [0.1, 0.15) is 6.54 Å². The highest BCUT2D eigenvalue weighted by molar-refractivity contribution is 7.92. The fraction of sp³-hybridized carbons (Fsp3) is 0.188. The smallest absolute Gasteiger partial charge is 0.274 e. The minimum absolute atomic E-state index is 0.0657. The summed E-state index contributed by atoms with van der Waals surface area (Å²) < 4.78 is 25.2. The summed E-state index contributed by atoms with van der Waals surface area (Å²) in [5.41, 5.74) is 0.315. The highest BCUT2D eigenvalue weighted by Crippen LogP contribution is 2.30. The van der Waals surface area contributed by atoms with E-state index in [1.54, 1.807) is 24.3 Å². The molecule has 0 aromatic heterocycles. The molecule has 0 aliphatic rings. The van der Waals surface area contributed by atoms with E-state index in [9.17, 15) is 23.3 Å². The molecule has 2 aromatic rings. The Balaban J connectivity index is 2.36. The monoisotopic (exact) mass is 397 g/mol. The zero-order chi connectivity index (χ0) is 19.5. The summed E-state index contributed by atoms with van der Waals surface area (Å²) in [6, 6.07) is 10.5. The minimum Gasteiger partial charge on any atom is -0.323 e. The van der Waals surface area contributed by atoms with Crippen LogP contribution in [0.3, 0.4) is 0 Å². The molecule has 2 aromatic carbocycles. The maximum atomic E-state index is 12.3. The Hall–Kier alpha value is -2.65. The molecule has 1 amide bonds. The zero-order valence-corrected chi connectivity index (χ0v) is 15.5. The second-order valence-corrected chi connectivity index (χ2v) is 7.79. The van der Waals surface area contributed by atoms with Crippen LogP contribution in [0.1, 0.15) is 5.56 Å². The van der Waals surface area contributed by atoms with Crippen LogP contribution in [0.15, 0.2) is 42.5 Å². The summed E-state index contributed by atoms with van der Waals surface area (Å²) in [5.74, 6) is -0.630. The Kier molecular flexibility index (Phi) is 5.83. The van der Waals surface area contributed by atoms with Crippen molar-refractivity contribution in [2.45, 2.75) is 6.92 Å². The van der Waals surface area contributed by atoms with Gasteiger partial charge in [0.25, 0.3) is 5.69 Å². The predicted molar refractivity (Wildman–Crippen MR) is 100 cm³/mol. The van der Waals surface area contributed by atoms with Gasteiger partial charge in [-0.2, -0.15) is 0 Å². The van der Waals surface area contributed by atoms with Crippen LogP contribution in [-0.4, -0.2) is 32.0 Å². The Bertz CT molecular complexity index is 962. The van der Waals surface area contributed by atoms with Gasteiger partial charge in [0.05, 0.1) is 33.1 Å². The number of para-hydroxylation sites is 1. The number of anilines is 2. The van der Waals surface area contributed by atoms with Crippen LogP contribution in [-0.2, 0) is 14.8 Å². The number of rotatable bonds is 6. The maximum absolute atomic E-state index is 12.3. The molecular weight excluding hydrogens is 382 g/mol. The molecule has 0 saturated carbocycles. The van der Waals surface area contributed by atoms with E-state index in [1.165, 1.54) is 25.1 Å². The normalized spacial score (nSPS) is 11.0. The van der Waals surface area contributed by atoms with Crippen molar-refractivity contribution >= 4 is 44.6 Å². The summed E-state index contributed by atoms with van der Waals surface area (Å²) >= 11 is 5.97. The Morgan fingerprint density at radius 3 is 2.46 bits per heavy atom. The lowest BCUT2D eigenvalue weighted by molar-refractivity contribution is -0.385. The van der Waals surface area contributed by atoms with Crippen LogP contribution in [0, 0.1) is 17.0 Å². The summed E-state index contributed by atoms with van der Waals surface area (Å²) in [7, 11) is -3.86. The first-order valence-corrected chi connectivity index (χ1v) is 9.60. The molecule has 1 N–H and O–H groups in total. The van der Waals surface area contributed by atoms with Crippen LogP contribution in [0.5, 0.6) is 0 Å². The number of nitrogens with zero attached hydrogens (tertiary/aromatic N) is 2. The third-order valence-corrected chi connectivity index (χ3v) is 5.03. The van der Waals surface area contributed by atoms with Gasteiger partial charge in [-0.3, -0.25) is 19.2 Å². The highest BCUT2D eigenvalue weighted by Gasteiger charge is 2.25. The van der Waals surface area contributed by atoms with Crippen molar-refractivity contribution in [2.24, 2.45) is 0 Å². The number of nitro groups is 1. The number of sulfonamides is 1. The molecule has 26 heavy (non-hydrogen) atoms. The average Bonchev–Trinajstić information content (AvgIpc) is 2.54. The van der Waals surface area contributed by atoms with Gasteiger partial charge in [-0.25, -0.2) is 8.42 Å². The van der Waals surface area contributed by atoms with Crippen LogP contribution in [0.25, 0.3) is 0 Å². The molecule has 0 atom stereocenters. The first kappa shape index (κ1) is 19.7. The predicted octanol–water partition coefficient (Wildman–Crippen LogP) is 2.96. The number of carbonyl (C=O) groups excluding carboxylic acids is 1. The first-order valence-electron chi connectivity index (χ1n) is 7.37. The lowest BCUT2D eigenvalue weighted by Crippen LogP contribution is -2.38. The molecule has 0 heterocycles. The van der Waals surface area contributed by atoms with Crippen molar-refractivity contribution < 1.29 is 18.1 Å². The molecule has 0 radical (unpaired) electrons. The molecular formula is C16H16ClN3O5S. The third-order valence-electron chi connectivity index (χ3n) is 3.58. The highest BCUT2D eigenvalue weighted by atomic mass is 35.5. The van der Waals surface area contributed by atoms with E-state index in [0.29, 0.717) is 10.7 Å². The molecule has 0 bridgehead atoms. The van der Waals surface area contributed by atoms with Crippen LogP contribution >= 0.6 is 11.6 Å². The molecule has 0 fully saturated rings.